The Morgan fingerprint density at radius 3 is 2.48 bits per heavy atom. The van der Waals surface area contributed by atoms with E-state index < -0.39 is 0 Å². The molecule has 0 saturated heterocycles. The third kappa shape index (κ3) is 4.57. The number of Topliss-reactive ketones (excluding diaryl/α,β-unsaturated/α-hetero) is 1. The first-order chi connectivity index (χ1) is 10.1. The minimum atomic E-state index is 0.00456. The maximum atomic E-state index is 12.3. The van der Waals surface area contributed by atoms with E-state index in [9.17, 15) is 4.79 Å². The average molecular weight is 290 g/mol. The van der Waals surface area contributed by atoms with Gasteiger partial charge in [0.25, 0.3) is 0 Å². The van der Waals surface area contributed by atoms with Crippen LogP contribution in [-0.4, -0.2) is 25.1 Å². The van der Waals surface area contributed by atoms with E-state index in [2.05, 4.69) is 13.8 Å². The second-order valence-corrected chi connectivity index (χ2v) is 6.20. The second kappa shape index (κ2) is 7.60. The zero-order chi connectivity index (χ0) is 15.2. The van der Waals surface area contributed by atoms with Gasteiger partial charge in [-0.1, -0.05) is 26.0 Å². The van der Waals surface area contributed by atoms with E-state index in [0.29, 0.717) is 29.8 Å². The number of carbonyl (C=O) groups excluding carboxylic acids is 1. The highest BCUT2D eigenvalue weighted by molar-refractivity contribution is 5.99. The van der Waals surface area contributed by atoms with Crippen molar-refractivity contribution in [3.63, 3.8) is 0 Å². The Morgan fingerprint density at radius 1 is 1.14 bits per heavy atom. The van der Waals surface area contributed by atoms with E-state index in [1.807, 2.05) is 31.2 Å². The fraction of sp³-hybridized carbons (Fsp3) is 0.611. The Morgan fingerprint density at radius 2 is 1.81 bits per heavy atom. The highest BCUT2D eigenvalue weighted by Crippen LogP contribution is 2.30. The number of hydrogen-bond acceptors (Lipinski definition) is 3. The summed E-state index contributed by atoms with van der Waals surface area (Å²) in [5, 5.41) is 0. The Balaban J connectivity index is 1.92. The van der Waals surface area contributed by atoms with Crippen LogP contribution in [0.5, 0.6) is 5.75 Å². The lowest BCUT2D eigenvalue weighted by Gasteiger charge is -2.31. The van der Waals surface area contributed by atoms with Crippen LogP contribution in [0, 0.1) is 11.8 Å². The molecule has 0 N–H and O–H groups in total. The first-order valence-corrected chi connectivity index (χ1v) is 7.96. The topological polar surface area (TPSA) is 35.5 Å². The van der Waals surface area contributed by atoms with Crippen molar-refractivity contribution < 1.29 is 14.3 Å². The van der Waals surface area contributed by atoms with Crippen molar-refractivity contribution in [3.8, 4) is 5.75 Å². The summed E-state index contributed by atoms with van der Waals surface area (Å²) in [6.45, 7) is 7.15. The predicted molar refractivity (Wildman–Crippen MR) is 83.9 cm³/mol. The third-order valence-corrected chi connectivity index (χ3v) is 4.07. The van der Waals surface area contributed by atoms with Gasteiger partial charge in [0.1, 0.15) is 12.4 Å². The number of ketones is 1. The first-order valence-electron chi connectivity index (χ1n) is 7.96. The van der Waals surface area contributed by atoms with Crippen molar-refractivity contribution in [1.29, 1.82) is 0 Å². The number of hydrogen-bond donors (Lipinski definition) is 0. The van der Waals surface area contributed by atoms with Gasteiger partial charge in [0.2, 0.25) is 0 Å². The molecule has 3 nitrogen and oxygen atoms in total. The number of carbonyl (C=O) groups is 1. The number of ether oxygens (including phenoxy) is 2. The Kier molecular flexibility index (Phi) is 5.80. The van der Waals surface area contributed by atoms with Crippen LogP contribution in [0.15, 0.2) is 24.3 Å². The molecule has 1 aromatic carbocycles. The number of para-hydroxylation sites is 1. The highest BCUT2D eigenvalue weighted by Gasteiger charge is 2.25. The van der Waals surface area contributed by atoms with Gasteiger partial charge < -0.3 is 9.47 Å². The van der Waals surface area contributed by atoms with Crippen molar-refractivity contribution in [2.24, 2.45) is 11.8 Å². The third-order valence-electron chi connectivity index (χ3n) is 4.07. The van der Waals surface area contributed by atoms with Crippen molar-refractivity contribution in [2.75, 3.05) is 13.2 Å². The summed E-state index contributed by atoms with van der Waals surface area (Å²) in [5.41, 5.74) is 0.622. The molecule has 2 unspecified atom stereocenters. The molecule has 0 aliphatic heterocycles. The van der Waals surface area contributed by atoms with E-state index in [0.717, 1.165) is 12.8 Å². The maximum Gasteiger partial charge on any atom is 0.192 e. The smallest absolute Gasteiger partial charge is 0.192 e. The quantitative estimate of drug-likeness (QED) is 0.740. The van der Waals surface area contributed by atoms with Gasteiger partial charge in [-0.2, -0.15) is 0 Å². The molecular weight excluding hydrogens is 264 g/mol. The fourth-order valence-electron chi connectivity index (χ4n) is 3.26. The number of rotatable bonds is 6. The summed E-state index contributed by atoms with van der Waals surface area (Å²) in [4.78, 5) is 12.3. The van der Waals surface area contributed by atoms with E-state index in [1.54, 1.807) is 0 Å². The lowest BCUT2D eigenvalue weighted by atomic mass is 9.82. The average Bonchev–Trinajstić information content (AvgIpc) is 2.45. The highest BCUT2D eigenvalue weighted by atomic mass is 16.5. The molecule has 0 amide bonds. The minimum absolute atomic E-state index is 0.00456. The first kappa shape index (κ1) is 16.0. The van der Waals surface area contributed by atoms with Crippen LogP contribution >= 0.6 is 0 Å². The molecule has 1 aliphatic carbocycles. The summed E-state index contributed by atoms with van der Waals surface area (Å²) < 4.78 is 11.4. The van der Waals surface area contributed by atoms with Crippen LogP contribution in [0.25, 0.3) is 0 Å². The number of benzene rings is 1. The van der Waals surface area contributed by atoms with E-state index in [-0.39, 0.29) is 18.5 Å². The molecule has 0 bridgehead atoms. The molecule has 2 atom stereocenters. The lowest BCUT2D eigenvalue weighted by Crippen LogP contribution is -2.28. The molecule has 116 valence electrons. The fourth-order valence-corrected chi connectivity index (χ4v) is 3.26. The predicted octanol–water partition coefficient (Wildman–Crippen LogP) is 4.11. The summed E-state index contributed by atoms with van der Waals surface area (Å²) in [6, 6.07) is 7.39. The SMILES string of the molecule is CCOc1ccccc1C(=O)COC1CC(C)CC(C)C1. The largest absolute Gasteiger partial charge is 0.493 e. The van der Waals surface area contributed by atoms with Gasteiger partial charge in [-0.05, 0) is 50.2 Å². The molecule has 3 heteroatoms. The summed E-state index contributed by atoms with van der Waals surface area (Å²) in [5.74, 6) is 2.03. The standard InChI is InChI=1S/C18H26O3/c1-4-20-18-8-6-5-7-16(18)17(19)12-21-15-10-13(2)9-14(3)11-15/h5-8,13-15H,4,9-12H2,1-3H3. The molecule has 0 heterocycles. The molecule has 1 saturated carbocycles. The van der Waals surface area contributed by atoms with Gasteiger partial charge in [-0.3, -0.25) is 4.79 Å². The van der Waals surface area contributed by atoms with Crippen LogP contribution in [-0.2, 0) is 4.74 Å². The monoisotopic (exact) mass is 290 g/mol. The molecule has 0 aromatic heterocycles. The van der Waals surface area contributed by atoms with Gasteiger partial charge in [-0.15, -0.1) is 0 Å². The lowest BCUT2D eigenvalue weighted by molar-refractivity contribution is 0.00551. The zero-order valence-electron chi connectivity index (χ0n) is 13.3. The van der Waals surface area contributed by atoms with Gasteiger partial charge >= 0.3 is 0 Å². The second-order valence-electron chi connectivity index (χ2n) is 6.20. The zero-order valence-corrected chi connectivity index (χ0v) is 13.3. The molecular formula is C18H26O3. The molecule has 2 rings (SSSR count). The normalized spacial score (nSPS) is 25.6. The van der Waals surface area contributed by atoms with Crippen molar-refractivity contribution in [1.82, 2.24) is 0 Å². The van der Waals surface area contributed by atoms with Crippen LogP contribution in [0.4, 0.5) is 0 Å². The Labute approximate surface area is 127 Å². The summed E-state index contributed by atoms with van der Waals surface area (Å²) >= 11 is 0. The van der Waals surface area contributed by atoms with Crippen LogP contribution < -0.4 is 4.74 Å². The Hall–Kier alpha value is -1.35. The Bertz CT molecular complexity index is 459. The van der Waals surface area contributed by atoms with Gasteiger partial charge in [0, 0.05) is 0 Å². The van der Waals surface area contributed by atoms with Crippen molar-refractivity contribution in [2.45, 2.75) is 46.1 Å². The minimum Gasteiger partial charge on any atom is -0.493 e. The van der Waals surface area contributed by atoms with Crippen LogP contribution in [0.1, 0.15) is 50.4 Å². The van der Waals surface area contributed by atoms with Gasteiger partial charge in [0.05, 0.1) is 18.3 Å². The molecule has 0 spiro atoms. The molecule has 1 aromatic rings. The molecule has 1 aliphatic rings. The summed E-state index contributed by atoms with van der Waals surface area (Å²) in [7, 11) is 0. The van der Waals surface area contributed by atoms with E-state index in [1.165, 1.54) is 6.42 Å². The van der Waals surface area contributed by atoms with Gasteiger partial charge in [0.15, 0.2) is 5.78 Å². The molecule has 1 fully saturated rings. The van der Waals surface area contributed by atoms with Crippen molar-refractivity contribution in [3.05, 3.63) is 29.8 Å². The van der Waals surface area contributed by atoms with Crippen LogP contribution in [0.3, 0.4) is 0 Å². The van der Waals surface area contributed by atoms with Crippen LogP contribution in [0.2, 0.25) is 0 Å². The van der Waals surface area contributed by atoms with Gasteiger partial charge in [-0.25, -0.2) is 0 Å². The maximum absolute atomic E-state index is 12.3. The van der Waals surface area contributed by atoms with E-state index in [4.69, 9.17) is 9.47 Å². The molecule has 21 heavy (non-hydrogen) atoms. The summed E-state index contributed by atoms with van der Waals surface area (Å²) in [6.07, 6.45) is 3.60. The molecule has 0 radical (unpaired) electrons. The van der Waals surface area contributed by atoms with Crippen molar-refractivity contribution >= 4 is 5.78 Å². The van der Waals surface area contributed by atoms with E-state index >= 15 is 0 Å².